The maximum Gasteiger partial charge on any atom is 0.268 e. The predicted octanol–water partition coefficient (Wildman–Crippen LogP) is 2.91. The lowest BCUT2D eigenvalue weighted by Crippen LogP contribution is -2.48. The van der Waals surface area contributed by atoms with E-state index in [0.29, 0.717) is 16.4 Å². The van der Waals surface area contributed by atoms with Crippen LogP contribution >= 0.6 is 11.8 Å². The topological polar surface area (TPSA) is 92.8 Å². The zero-order chi connectivity index (χ0) is 20.0. The Kier molecular flexibility index (Phi) is 4.63. The molecule has 5 rings (SSSR count). The monoisotopic (exact) mass is 410 g/mol. The molecule has 1 aliphatic carbocycles. The third-order valence-corrected chi connectivity index (χ3v) is 7.87. The highest BCUT2D eigenvalue weighted by Gasteiger charge is 2.43. The van der Waals surface area contributed by atoms with Gasteiger partial charge in [0.15, 0.2) is 0 Å². The van der Waals surface area contributed by atoms with Crippen LogP contribution in [0, 0.1) is 5.41 Å². The Bertz CT molecular complexity index is 1100. The van der Waals surface area contributed by atoms with Crippen molar-refractivity contribution in [3.63, 3.8) is 0 Å². The highest BCUT2D eigenvalue weighted by Crippen LogP contribution is 2.45. The number of benzene rings is 1. The Labute approximate surface area is 173 Å². The van der Waals surface area contributed by atoms with Gasteiger partial charge in [0.1, 0.15) is 0 Å². The lowest BCUT2D eigenvalue weighted by molar-refractivity contribution is 0.196. The maximum atomic E-state index is 13.0. The van der Waals surface area contributed by atoms with Crippen LogP contribution in [0.4, 0.5) is 5.95 Å². The van der Waals surface area contributed by atoms with Gasteiger partial charge in [0.2, 0.25) is 5.95 Å². The van der Waals surface area contributed by atoms with Crippen LogP contribution < -0.4 is 16.2 Å². The van der Waals surface area contributed by atoms with Gasteiger partial charge in [0.05, 0.1) is 22.8 Å². The van der Waals surface area contributed by atoms with Crippen LogP contribution in [-0.2, 0) is 7.05 Å². The van der Waals surface area contributed by atoms with Gasteiger partial charge in [0.25, 0.3) is 5.56 Å². The van der Waals surface area contributed by atoms with Crippen LogP contribution in [0.1, 0.15) is 32.1 Å². The number of hydrogen-bond donors (Lipinski definition) is 2. The van der Waals surface area contributed by atoms with Crippen LogP contribution in [-0.4, -0.2) is 38.9 Å². The first-order valence-electron chi connectivity index (χ1n) is 10.2. The summed E-state index contributed by atoms with van der Waals surface area (Å²) in [5.74, 6) is 0.752. The van der Waals surface area contributed by atoms with Gasteiger partial charge in [0, 0.05) is 36.5 Å². The van der Waals surface area contributed by atoms with Gasteiger partial charge in [-0.05, 0) is 43.2 Å². The number of nitrogens with zero attached hydrogens (tertiary/aromatic N) is 4. The standard InChI is InChI=1S/C21H26N6OS/c1-26-19(28)17(29-16-5-2-4-15-14(16)12-24-25-15)13-23-20(26)27-10-8-21(9-11-27)7-3-6-18(21)22/h2,4-5,12-13,18H,3,6-11,22H2,1H3,(H,24,25)/t18-/m1/s1. The van der Waals surface area contributed by atoms with Crippen molar-refractivity contribution >= 4 is 28.6 Å². The Morgan fingerprint density at radius 2 is 2.03 bits per heavy atom. The molecule has 0 radical (unpaired) electrons. The summed E-state index contributed by atoms with van der Waals surface area (Å²) in [6.07, 6.45) is 9.31. The molecule has 0 unspecified atom stereocenters. The molecule has 7 nitrogen and oxygen atoms in total. The number of nitrogens with two attached hydrogens (primary N) is 1. The highest BCUT2D eigenvalue weighted by molar-refractivity contribution is 7.99. The number of rotatable bonds is 3. The number of hydrogen-bond acceptors (Lipinski definition) is 6. The van der Waals surface area contributed by atoms with Gasteiger partial charge in [-0.25, -0.2) is 4.98 Å². The molecule has 2 fully saturated rings. The molecule has 1 saturated heterocycles. The number of H-pyrrole nitrogens is 1. The molecule has 1 spiro atoms. The maximum absolute atomic E-state index is 13.0. The summed E-state index contributed by atoms with van der Waals surface area (Å²) < 4.78 is 1.68. The molecule has 2 aromatic heterocycles. The van der Waals surface area contributed by atoms with E-state index in [4.69, 9.17) is 5.73 Å². The zero-order valence-corrected chi connectivity index (χ0v) is 17.4. The van der Waals surface area contributed by atoms with E-state index in [1.165, 1.54) is 24.6 Å². The minimum Gasteiger partial charge on any atom is -0.342 e. The third-order valence-electron chi connectivity index (χ3n) is 6.80. The van der Waals surface area contributed by atoms with Crippen molar-refractivity contribution in [3.8, 4) is 0 Å². The molecule has 8 heteroatoms. The van der Waals surface area contributed by atoms with E-state index in [0.717, 1.165) is 54.1 Å². The van der Waals surface area contributed by atoms with Crippen LogP contribution in [0.25, 0.3) is 10.9 Å². The van der Waals surface area contributed by atoms with E-state index in [-0.39, 0.29) is 5.56 Å². The number of aromatic amines is 1. The average molecular weight is 411 g/mol. The molecule has 152 valence electrons. The van der Waals surface area contributed by atoms with E-state index < -0.39 is 0 Å². The average Bonchev–Trinajstić information content (AvgIpc) is 3.35. The van der Waals surface area contributed by atoms with Gasteiger partial charge in [-0.3, -0.25) is 14.5 Å². The fourth-order valence-corrected chi connectivity index (χ4v) is 5.95. The van der Waals surface area contributed by atoms with Gasteiger partial charge < -0.3 is 10.6 Å². The van der Waals surface area contributed by atoms with E-state index in [1.54, 1.807) is 17.0 Å². The first-order chi connectivity index (χ1) is 14.1. The summed E-state index contributed by atoms with van der Waals surface area (Å²) in [4.78, 5) is 21.6. The fourth-order valence-electron chi connectivity index (χ4n) is 4.97. The van der Waals surface area contributed by atoms with Crippen LogP contribution in [0.2, 0.25) is 0 Å². The normalized spacial score (nSPS) is 21.3. The fraction of sp³-hybridized carbons (Fsp3) is 0.476. The number of anilines is 1. The van der Waals surface area contributed by atoms with Crippen LogP contribution in [0.5, 0.6) is 0 Å². The zero-order valence-electron chi connectivity index (χ0n) is 16.6. The Balaban J connectivity index is 1.38. The smallest absolute Gasteiger partial charge is 0.268 e. The van der Waals surface area contributed by atoms with E-state index in [2.05, 4.69) is 20.1 Å². The van der Waals surface area contributed by atoms with Crippen molar-refractivity contribution in [2.75, 3.05) is 18.0 Å². The second kappa shape index (κ2) is 7.18. The summed E-state index contributed by atoms with van der Waals surface area (Å²) in [5.41, 5.74) is 7.66. The Hall–Kier alpha value is -2.32. The van der Waals surface area contributed by atoms with E-state index in [9.17, 15) is 4.79 Å². The summed E-state index contributed by atoms with van der Waals surface area (Å²) in [6, 6.07) is 6.27. The summed E-state index contributed by atoms with van der Waals surface area (Å²) in [5, 5.41) is 8.08. The number of nitrogens with one attached hydrogen (secondary N) is 1. The molecule has 2 aliphatic rings. The van der Waals surface area contributed by atoms with Gasteiger partial charge in [-0.15, -0.1) is 0 Å². The minimum atomic E-state index is -0.0154. The molecule has 3 N–H and O–H groups in total. The van der Waals surface area contributed by atoms with Crippen molar-refractivity contribution in [1.29, 1.82) is 0 Å². The Morgan fingerprint density at radius 3 is 2.79 bits per heavy atom. The molecule has 1 saturated carbocycles. The molecule has 3 heterocycles. The molecule has 1 atom stereocenters. The lowest BCUT2D eigenvalue weighted by Gasteiger charge is -2.42. The third kappa shape index (κ3) is 3.14. The minimum absolute atomic E-state index is 0.0154. The van der Waals surface area contributed by atoms with E-state index in [1.807, 2.05) is 25.2 Å². The summed E-state index contributed by atoms with van der Waals surface area (Å²) in [7, 11) is 1.82. The lowest BCUT2D eigenvalue weighted by atomic mass is 9.74. The first kappa shape index (κ1) is 18.7. The summed E-state index contributed by atoms with van der Waals surface area (Å²) >= 11 is 1.44. The molecular formula is C21H26N6OS. The molecule has 0 amide bonds. The van der Waals surface area contributed by atoms with Crippen molar-refractivity contribution in [2.24, 2.45) is 18.2 Å². The largest absolute Gasteiger partial charge is 0.342 e. The van der Waals surface area contributed by atoms with Crippen molar-refractivity contribution in [2.45, 2.75) is 47.9 Å². The Morgan fingerprint density at radius 1 is 1.21 bits per heavy atom. The number of fused-ring (bicyclic) bond motifs is 1. The quantitative estimate of drug-likeness (QED) is 0.690. The number of piperidine rings is 1. The predicted molar refractivity (Wildman–Crippen MR) is 115 cm³/mol. The molecule has 1 aromatic carbocycles. The molecule has 0 bridgehead atoms. The van der Waals surface area contributed by atoms with Crippen molar-refractivity contribution < 1.29 is 0 Å². The van der Waals surface area contributed by atoms with Gasteiger partial charge in [-0.2, -0.15) is 5.10 Å². The van der Waals surface area contributed by atoms with Crippen LogP contribution in [0.15, 0.2) is 45.2 Å². The molecule has 3 aromatic rings. The first-order valence-corrected chi connectivity index (χ1v) is 11.1. The molecular weight excluding hydrogens is 384 g/mol. The SMILES string of the molecule is Cn1c(N2CCC3(CCC[C@H]3N)CC2)ncc(Sc2cccc3[nH]ncc23)c1=O. The second-order valence-corrected chi connectivity index (χ2v) is 9.41. The van der Waals surface area contributed by atoms with Crippen molar-refractivity contribution in [1.82, 2.24) is 19.7 Å². The second-order valence-electron chi connectivity index (χ2n) is 8.32. The van der Waals surface area contributed by atoms with Gasteiger partial charge >= 0.3 is 0 Å². The van der Waals surface area contributed by atoms with Gasteiger partial charge in [-0.1, -0.05) is 24.2 Å². The molecule has 29 heavy (non-hydrogen) atoms. The van der Waals surface area contributed by atoms with Crippen LogP contribution in [0.3, 0.4) is 0 Å². The number of aromatic nitrogens is 4. The summed E-state index contributed by atoms with van der Waals surface area (Å²) in [6.45, 7) is 1.82. The van der Waals surface area contributed by atoms with Crippen molar-refractivity contribution in [3.05, 3.63) is 40.9 Å². The molecule has 1 aliphatic heterocycles. The highest BCUT2D eigenvalue weighted by atomic mass is 32.2. The van der Waals surface area contributed by atoms with E-state index >= 15 is 0 Å².